The third-order valence-electron chi connectivity index (χ3n) is 8.60. The molecule has 6 heteroatoms. The fourth-order valence-corrected chi connectivity index (χ4v) is 8.51. The predicted octanol–water partition coefficient (Wildman–Crippen LogP) is 11.4. The zero-order valence-electron chi connectivity index (χ0n) is 28.4. The molecule has 0 aliphatic rings. The van der Waals surface area contributed by atoms with Gasteiger partial charge < -0.3 is 0 Å². The van der Waals surface area contributed by atoms with Gasteiger partial charge in [-0.25, -0.2) is 0 Å². The quantitative estimate of drug-likeness (QED) is 0.190. The molecule has 3 nitrogen and oxygen atoms in total. The second kappa shape index (κ2) is 16.9. The molecule has 242 valence electrons. The molecule has 2 aromatic rings. The molecule has 4 N–H and O–H groups in total. The molecule has 0 aromatic heterocycles. The molecule has 2 rings (SSSR count). The summed E-state index contributed by atoms with van der Waals surface area (Å²) in [6.45, 7) is 29.4. The first-order valence-corrected chi connectivity index (χ1v) is 21.7. The monoisotopic (exact) mass is 751 g/mol. The van der Waals surface area contributed by atoms with E-state index in [4.69, 9.17) is 11.5 Å². The zero-order chi connectivity index (χ0) is 32.0. The summed E-state index contributed by atoms with van der Waals surface area (Å²) >= 11 is 7.76. The van der Waals surface area contributed by atoms with E-state index in [9.17, 15) is 0 Å². The zero-order valence-corrected chi connectivity index (χ0v) is 32.7. The number of nitrogens with zero attached hydrogens (tertiary/aromatic N) is 1. The molecule has 2 unspecified atom stereocenters. The Hall–Kier alpha value is -0.214. The number of hydrogen-bond acceptors (Lipinski definition) is 3. The van der Waals surface area contributed by atoms with Crippen molar-refractivity contribution in [2.75, 3.05) is 13.1 Å². The third-order valence-corrected chi connectivity index (χ3v) is 12.3. The van der Waals surface area contributed by atoms with Crippen LogP contribution in [0, 0.1) is 0 Å². The fourth-order valence-electron chi connectivity index (χ4n) is 5.94. The van der Waals surface area contributed by atoms with Crippen molar-refractivity contribution in [1.29, 1.82) is 0 Å². The van der Waals surface area contributed by atoms with Crippen LogP contribution >= 0.6 is 28.3 Å². The molecule has 0 fully saturated rings. The summed E-state index contributed by atoms with van der Waals surface area (Å²) < 4.78 is 2.49. The van der Waals surface area contributed by atoms with Crippen LogP contribution in [0.2, 0.25) is 0 Å². The van der Waals surface area contributed by atoms with Gasteiger partial charge in [0.05, 0.1) is 0 Å². The average molecular weight is 754 g/mol. The molecule has 0 saturated carbocycles. The van der Waals surface area contributed by atoms with Gasteiger partial charge in [-0.2, -0.15) is 0 Å². The average Bonchev–Trinajstić information content (AvgIpc) is 2.90. The van der Waals surface area contributed by atoms with Gasteiger partial charge in [0.15, 0.2) is 0 Å². The van der Waals surface area contributed by atoms with Crippen molar-refractivity contribution in [3.05, 3.63) is 68.8 Å². The molecule has 2 atom stereocenters. The van der Waals surface area contributed by atoms with E-state index < -0.39 is 10.3 Å². The van der Waals surface area contributed by atoms with E-state index in [0.717, 1.165) is 25.9 Å². The summed E-state index contributed by atoms with van der Waals surface area (Å²) in [7, 11) is -0.599. The Morgan fingerprint density at radius 2 is 0.786 bits per heavy atom. The summed E-state index contributed by atoms with van der Waals surface area (Å²) in [5.74, 6) is 2.76. The second-order valence-corrected chi connectivity index (χ2v) is 22.2. The van der Waals surface area contributed by atoms with Crippen molar-refractivity contribution in [3.63, 3.8) is 0 Å². The Kier molecular flexibility index (Phi) is 15.3. The number of hydrogen-bond donors (Lipinski definition) is 2. The van der Waals surface area contributed by atoms with Crippen LogP contribution in [0.3, 0.4) is 0 Å². The standard InChI is InChI=1S/C36H60N3.2BrH.Co/c1-21(2)27-17-29(23(5)6)35(30(18-27)24(7)8)33(37)13-15-39-16-14-34(38)36-31(25(9)10)19-28(22(3)4)20-32(36)26(11)12;;;/h17-26,33-34H,13-16,37-38H2,1-12H3;2*1H;/q-1;;;+3/p-2. The van der Waals surface area contributed by atoms with Gasteiger partial charge in [-0.05, 0) is 0 Å². The molecule has 0 spiro atoms. The molecule has 0 heterocycles. The first-order chi connectivity index (χ1) is 19.5. The van der Waals surface area contributed by atoms with Gasteiger partial charge in [0.2, 0.25) is 0 Å². The maximum atomic E-state index is 7.06. The molecule has 2 aromatic carbocycles. The minimum atomic E-state index is -0.599. The number of benzene rings is 2. The van der Waals surface area contributed by atoms with E-state index in [1.54, 1.807) is 0 Å². The van der Waals surface area contributed by atoms with Crippen LogP contribution in [0.4, 0.5) is 0 Å². The van der Waals surface area contributed by atoms with E-state index in [1.165, 1.54) is 44.5 Å². The van der Waals surface area contributed by atoms with E-state index >= 15 is 0 Å². The molecule has 0 amide bonds. The number of halogens is 2. The van der Waals surface area contributed by atoms with E-state index in [-0.39, 0.29) is 12.1 Å². The van der Waals surface area contributed by atoms with E-state index in [2.05, 4.69) is 140 Å². The Morgan fingerprint density at radius 3 is 0.976 bits per heavy atom. The van der Waals surface area contributed by atoms with Crippen LogP contribution in [-0.4, -0.2) is 17.0 Å². The van der Waals surface area contributed by atoms with Gasteiger partial charge in [-0.3, -0.25) is 0 Å². The van der Waals surface area contributed by atoms with Crippen LogP contribution in [-0.2, 0) is 10.3 Å². The van der Waals surface area contributed by atoms with E-state index in [1.807, 2.05) is 0 Å². The Bertz CT molecular complexity index is 997. The number of rotatable bonds is 15. The molecule has 0 radical (unpaired) electrons. The Labute approximate surface area is 277 Å². The molecular formula is C36H60Br2CoN3. The molecule has 42 heavy (non-hydrogen) atoms. The van der Waals surface area contributed by atoms with Gasteiger partial charge in [-0.1, -0.05) is 0 Å². The first kappa shape index (κ1) is 38.0. The van der Waals surface area contributed by atoms with E-state index in [0.29, 0.717) is 35.5 Å². The Morgan fingerprint density at radius 1 is 0.524 bits per heavy atom. The molecule has 0 saturated heterocycles. The molecular weight excluding hydrogens is 693 g/mol. The van der Waals surface area contributed by atoms with Crippen LogP contribution in [0.25, 0.3) is 0 Å². The topological polar surface area (TPSA) is 55.3 Å². The fraction of sp³-hybridized carbons (Fsp3) is 0.667. The van der Waals surface area contributed by atoms with Gasteiger partial charge >= 0.3 is 279 Å². The summed E-state index contributed by atoms with van der Waals surface area (Å²) in [6, 6.07) is 9.65. The normalized spacial score (nSPS) is 14.4. The summed E-state index contributed by atoms with van der Waals surface area (Å²) in [6.07, 6.45) is 1.81. The SMILES string of the molecule is CC(C)c1cc(C(C)C)c(C(N)CC[N](CCC(N)c2c(C(C)C)cc(C(C)C)cc2C(C)C)[Co]([Br])[Br])c(C(C)C)c1. The van der Waals surface area contributed by atoms with Crippen molar-refractivity contribution in [3.8, 4) is 0 Å². The van der Waals surface area contributed by atoms with Crippen LogP contribution in [0.5, 0.6) is 0 Å². The van der Waals surface area contributed by atoms with Crippen LogP contribution in [0.1, 0.15) is 188 Å². The number of nitrogens with two attached hydrogens (primary N) is 2. The van der Waals surface area contributed by atoms with Crippen LogP contribution in [0.15, 0.2) is 24.3 Å². The summed E-state index contributed by atoms with van der Waals surface area (Å²) in [4.78, 5) is 0. The maximum absolute atomic E-state index is 7.06. The van der Waals surface area contributed by atoms with Gasteiger partial charge in [-0.15, -0.1) is 0 Å². The van der Waals surface area contributed by atoms with Gasteiger partial charge in [0.25, 0.3) is 0 Å². The van der Waals surface area contributed by atoms with Crippen molar-refractivity contribution in [2.24, 2.45) is 11.5 Å². The van der Waals surface area contributed by atoms with Gasteiger partial charge in [0.1, 0.15) is 0 Å². The molecule has 0 aliphatic heterocycles. The Balaban J connectivity index is 2.32. The van der Waals surface area contributed by atoms with Gasteiger partial charge in [0, 0.05) is 0 Å². The first-order valence-electron chi connectivity index (χ1n) is 16.1. The van der Waals surface area contributed by atoms with Crippen LogP contribution < -0.4 is 11.5 Å². The summed E-state index contributed by atoms with van der Waals surface area (Å²) in [5, 5.41) is 0. The van der Waals surface area contributed by atoms with Crippen molar-refractivity contribution in [2.45, 2.75) is 144 Å². The van der Waals surface area contributed by atoms with Crippen molar-refractivity contribution >= 4 is 28.3 Å². The minimum absolute atomic E-state index is 0.00426. The molecule has 0 bridgehead atoms. The summed E-state index contributed by atoms with van der Waals surface area (Å²) in [5.41, 5.74) is 25.3. The second-order valence-electron chi connectivity index (χ2n) is 14.0. The third kappa shape index (κ3) is 9.89. The van der Waals surface area contributed by atoms with Crippen molar-refractivity contribution < 1.29 is 10.3 Å². The molecule has 0 aliphatic carbocycles. The predicted molar refractivity (Wildman–Crippen MR) is 190 cm³/mol. The van der Waals surface area contributed by atoms with Crippen molar-refractivity contribution in [1.82, 2.24) is 3.95 Å².